The molecule has 112 valence electrons. The highest BCUT2D eigenvalue weighted by atomic mass is 19.1. The van der Waals surface area contributed by atoms with Gasteiger partial charge >= 0.3 is 0 Å². The molecule has 0 bridgehead atoms. The zero-order valence-electron chi connectivity index (χ0n) is 12.2. The summed E-state index contributed by atoms with van der Waals surface area (Å²) in [5.74, 6) is 0.713. The summed E-state index contributed by atoms with van der Waals surface area (Å²) in [6.45, 7) is 1.52. The Hall–Kier alpha value is -2.57. The molecule has 2 aromatic rings. The van der Waals surface area contributed by atoms with Crippen molar-refractivity contribution < 1.29 is 18.6 Å². The predicted octanol–water partition coefficient (Wildman–Crippen LogP) is 2.20. The van der Waals surface area contributed by atoms with Crippen LogP contribution in [0, 0.1) is 12.7 Å². The Morgan fingerprint density at radius 1 is 1.00 bits per heavy atom. The van der Waals surface area contributed by atoms with Gasteiger partial charge in [-0.2, -0.15) is 0 Å². The Morgan fingerprint density at radius 3 is 2.19 bits per heavy atom. The third-order valence-corrected chi connectivity index (χ3v) is 2.99. The molecule has 0 fully saturated rings. The minimum atomic E-state index is -0.627. The summed E-state index contributed by atoms with van der Waals surface area (Å²) in [4.78, 5) is 8.06. The number of rotatable bonds is 4. The summed E-state index contributed by atoms with van der Waals surface area (Å²) >= 11 is 0. The van der Waals surface area contributed by atoms with Gasteiger partial charge in [0.1, 0.15) is 0 Å². The van der Waals surface area contributed by atoms with Crippen molar-refractivity contribution in [3.63, 3.8) is 0 Å². The molecule has 7 heteroatoms. The summed E-state index contributed by atoms with van der Waals surface area (Å²) in [6.07, 6.45) is 0. The highest BCUT2D eigenvalue weighted by molar-refractivity contribution is 5.72. The molecule has 0 radical (unpaired) electrons. The molecule has 1 heterocycles. The van der Waals surface area contributed by atoms with E-state index in [1.54, 1.807) is 12.1 Å². The van der Waals surface area contributed by atoms with E-state index in [0.717, 1.165) is 0 Å². The molecule has 0 aliphatic heterocycles. The Labute approximate surface area is 121 Å². The average molecular weight is 293 g/mol. The van der Waals surface area contributed by atoms with Gasteiger partial charge in [0.15, 0.2) is 29.0 Å². The van der Waals surface area contributed by atoms with Crippen LogP contribution < -0.4 is 19.9 Å². The molecule has 0 saturated carbocycles. The number of aryl methyl sites for hydroxylation is 1. The number of hydrogen-bond donors (Lipinski definition) is 1. The Kier molecular flexibility index (Phi) is 4.11. The van der Waals surface area contributed by atoms with Crippen molar-refractivity contribution in [1.29, 1.82) is 0 Å². The van der Waals surface area contributed by atoms with Crippen molar-refractivity contribution >= 4 is 5.82 Å². The molecule has 1 aromatic carbocycles. The Bertz CT molecular complexity index is 654. The first-order valence-electron chi connectivity index (χ1n) is 6.12. The van der Waals surface area contributed by atoms with Gasteiger partial charge in [-0.15, -0.1) is 0 Å². The maximum absolute atomic E-state index is 13.5. The first-order chi connectivity index (χ1) is 10.0. The molecule has 1 aromatic heterocycles. The zero-order valence-corrected chi connectivity index (χ0v) is 12.2. The summed E-state index contributed by atoms with van der Waals surface area (Å²) < 4.78 is 29.4. The first kappa shape index (κ1) is 14.8. The summed E-state index contributed by atoms with van der Waals surface area (Å²) in [5.41, 5.74) is 6.25. The summed E-state index contributed by atoms with van der Waals surface area (Å²) in [5, 5.41) is 0. The molecule has 2 rings (SSSR count). The minimum absolute atomic E-state index is 0.161. The number of nitrogen functional groups attached to an aromatic ring is 1. The molecule has 6 nitrogen and oxygen atoms in total. The van der Waals surface area contributed by atoms with Crippen LogP contribution in [0.1, 0.15) is 5.69 Å². The quantitative estimate of drug-likeness (QED) is 0.931. The van der Waals surface area contributed by atoms with Gasteiger partial charge in [-0.25, -0.2) is 14.4 Å². The molecular formula is C14H16FN3O3. The number of benzene rings is 1. The third kappa shape index (κ3) is 2.54. The normalized spacial score (nSPS) is 10.3. The third-order valence-electron chi connectivity index (χ3n) is 2.99. The fraction of sp³-hybridized carbons (Fsp3) is 0.286. The lowest BCUT2D eigenvalue weighted by molar-refractivity contribution is 0.325. The standard InChI is InChI=1S/C14H16FN3O3/c1-7-10(15)13(16)18-14(17-7)8-5-6-9(19-2)12(21-4)11(8)20-3/h5-6H,1-4H3,(H2,16,17,18). The molecular weight excluding hydrogens is 277 g/mol. The highest BCUT2D eigenvalue weighted by Gasteiger charge is 2.20. The molecule has 0 spiro atoms. The van der Waals surface area contributed by atoms with Crippen molar-refractivity contribution in [2.24, 2.45) is 0 Å². The molecule has 0 aliphatic carbocycles. The lowest BCUT2D eigenvalue weighted by Gasteiger charge is -2.15. The van der Waals surface area contributed by atoms with Crippen LogP contribution in [0.4, 0.5) is 10.2 Å². The molecule has 0 unspecified atom stereocenters. The van der Waals surface area contributed by atoms with E-state index < -0.39 is 5.82 Å². The van der Waals surface area contributed by atoms with Crippen molar-refractivity contribution in [2.75, 3.05) is 27.1 Å². The van der Waals surface area contributed by atoms with Crippen molar-refractivity contribution in [3.8, 4) is 28.6 Å². The maximum Gasteiger partial charge on any atom is 0.204 e. The Morgan fingerprint density at radius 2 is 1.67 bits per heavy atom. The lowest BCUT2D eigenvalue weighted by atomic mass is 10.1. The average Bonchev–Trinajstić information content (AvgIpc) is 2.50. The fourth-order valence-corrected chi connectivity index (χ4v) is 1.98. The summed E-state index contributed by atoms with van der Waals surface area (Å²) in [6, 6.07) is 3.39. The molecule has 0 aliphatic rings. The zero-order chi connectivity index (χ0) is 15.6. The van der Waals surface area contributed by atoms with E-state index in [4.69, 9.17) is 19.9 Å². The van der Waals surface area contributed by atoms with Gasteiger partial charge in [-0.1, -0.05) is 0 Å². The van der Waals surface area contributed by atoms with Crippen molar-refractivity contribution in [2.45, 2.75) is 6.92 Å². The van der Waals surface area contributed by atoms with Gasteiger partial charge in [0.2, 0.25) is 5.75 Å². The van der Waals surface area contributed by atoms with Crippen LogP contribution in [0.2, 0.25) is 0 Å². The number of hydrogen-bond acceptors (Lipinski definition) is 6. The topological polar surface area (TPSA) is 79.5 Å². The number of nitrogens with two attached hydrogens (primary N) is 1. The van der Waals surface area contributed by atoms with Gasteiger partial charge in [-0.3, -0.25) is 0 Å². The van der Waals surface area contributed by atoms with Crippen molar-refractivity contribution in [3.05, 3.63) is 23.6 Å². The smallest absolute Gasteiger partial charge is 0.204 e. The van der Waals surface area contributed by atoms with Crippen LogP contribution in [0.25, 0.3) is 11.4 Å². The second kappa shape index (κ2) is 5.82. The van der Waals surface area contributed by atoms with E-state index in [0.29, 0.717) is 22.8 Å². The fourth-order valence-electron chi connectivity index (χ4n) is 1.98. The minimum Gasteiger partial charge on any atom is -0.493 e. The number of halogens is 1. The highest BCUT2D eigenvalue weighted by Crippen LogP contribution is 2.43. The maximum atomic E-state index is 13.5. The first-order valence-corrected chi connectivity index (χ1v) is 6.12. The van der Waals surface area contributed by atoms with E-state index in [-0.39, 0.29) is 17.3 Å². The SMILES string of the molecule is COc1ccc(-c2nc(C)c(F)c(N)n2)c(OC)c1OC. The van der Waals surface area contributed by atoms with Crippen LogP contribution in [0.3, 0.4) is 0 Å². The van der Waals surface area contributed by atoms with Crippen LogP contribution >= 0.6 is 0 Å². The lowest BCUT2D eigenvalue weighted by Crippen LogP contribution is -2.04. The predicted molar refractivity (Wildman–Crippen MR) is 76.2 cm³/mol. The molecule has 2 N–H and O–H groups in total. The number of nitrogens with zero attached hydrogens (tertiary/aromatic N) is 2. The summed E-state index contributed by atoms with van der Waals surface area (Å²) in [7, 11) is 4.50. The van der Waals surface area contributed by atoms with E-state index in [1.165, 1.54) is 28.3 Å². The second-order valence-electron chi connectivity index (χ2n) is 4.21. The number of methoxy groups -OCH3 is 3. The van der Waals surface area contributed by atoms with E-state index >= 15 is 0 Å². The monoisotopic (exact) mass is 293 g/mol. The van der Waals surface area contributed by atoms with E-state index in [1.807, 2.05) is 0 Å². The van der Waals surface area contributed by atoms with Crippen LogP contribution in [-0.4, -0.2) is 31.3 Å². The molecule has 0 saturated heterocycles. The van der Waals surface area contributed by atoms with Gasteiger partial charge in [-0.05, 0) is 19.1 Å². The van der Waals surface area contributed by atoms with Gasteiger partial charge < -0.3 is 19.9 Å². The van der Waals surface area contributed by atoms with Gasteiger partial charge in [0, 0.05) is 0 Å². The second-order valence-corrected chi connectivity index (χ2v) is 4.21. The van der Waals surface area contributed by atoms with Gasteiger partial charge in [0.05, 0.1) is 32.6 Å². The van der Waals surface area contributed by atoms with Gasteiger partial charge in [0.25, 0.3) is 0 Å². The Balaban J connectivity index is 2.69. The van der Waals surface area contributed by atoms with Crippen molar-refractivity contribution in [1.82, 2.24) is 9.97 Å². The number of aromatic nitrogens is 2. The van der Waals surface area contributed by atoms with Crippen LogP contribution in [-0.2, 0) is 0 Å². The van der Waals surface area contributed by atoms with E-state index in [9.17, 15) is 4.39 Å². The number of anilines is 1. The molecule has 21 heavy (non-hydrogen) atoms. The van der Waals surface area contributed by atoms with Crippen LogP contribution in [0.15, 0.2) is 12.1 Å². The number of ether oxygens (including phenoxy) is 3. The molecule has 0 atom stereocenters. The van der Waals surface area contributed by atoms with Crippen LogP contribution in [0.5, 0.6) is 17.2 Å². The van der Waals surface area contributed by atoms with E-state index in [2.05, 4.69) is 9.97 Å². The largest absolute Gasteiger partial charge is 0.493 e. The molecule has 0 amide bonds.